The molecule has 0 amide bonds. The normalized spacial score (nSPS) is 24.4. The van der Waals surface area contributed by atoms with E-state index >= 15 is 0 Å². The van der Waals surface area contributed by atoms with Gasteiger partial charge in [0.15, 0.2) is 0 Å². The van der Waals surface area contributed by atoms with Crippen LogP contribution in [-0.2, 0) is 6.54 Å². The third-order valence-corrected chi connectivity index (χ3v) is 3.36. The lowest BCUT2D eigenvalue weighted by atomic mass is 9.67. The zero-order valence-corrected chi connectivity index (χ0v) is 9.25. The van der Waals surface area contributed by atoms with E-state index in [-0.39, 0.29) is 0 Å². The van der Waals surface area contributed by atoms with Gasteiger partial charge in [-0.25, -0.2) is 0 Å². The zero-order chi connectivity index (χ0) is 10.2. The van der Waals surface area contributed by atoms with Gasteiger partial charge in [0.2, 0.25) is 0 Å². The number of aromatic nitrogens is 2. The topological polar surface area (TPSA) is 29.9 Å². The first-order valence-corrected chi connectivity index (χ1v) is 5.42. The number of hydrogen-bond acceptors (Lipinski definition) is 2. The maximum absolute atomic E-state index is 4.25. The fourth-order valence-corrected chi connectivity index (χ4v) is 2.02. The summed E-state index contributed by atoms with van der Waals surface area (Å²) in [5, 5.41) is 7.82. The van der Waals surface area contributed by atoms with Crippen molar-refractivity contribution in [1.29, 1.82) is 0 Å². The van der Waals surface area contributed by atoms with Crippen molar-refractivity contribution in [2.75, 3.05) is 5.32 Å². The van der Waals surface area contributed by atoms with Gasteiger partial charge in [0.05, 0.1) is 6.20 Å². The SMILES string of the molecule is CCn1nccc1NC1CCC1(C)C. The average Bonchev–Trinajstić information content (AvgIpc) is 2.59. The standard InChI is InChI=1S/C11H19N3/c1-4-14-10(6-8-12-14)13-9-5-7-11(9,2)3/h6,8-9,13H,4-5,7H2,1-3H3. The number of rotatable bonds is 3. The van der Waals surface area contributed by atoms with Crippen LogP contribution in [-0.4, -0.2) is 15.8 Å². The van der Waals surface area contributed by atoms with Crippen LogP contribution in [0.4, 0.5) is 5.82 Å². The Hall–Kier alpha value is -0.990. The van der Waals surface area contributed by atoms with Crippen LogP contribution in [0.5, 0.6) is 0 Å². The van der Waals surface area contributed by atoms with E-state index in [4.69, 9.17) is 0 Å². The summed E-state index contributed by atoms with van der Waals surface area (Å²) in [4.78, 5) is 0. The second-order valence-corrected chi connectivity index (χ2v) is 4.76. The Morgan fingerprint density at radius 1 is 1.64 bits per heavy atom. The van der Waals surface area contributed by atoms with Crippen molar-refractivity contribution in [3.05, 3.63) is 12.3 Å². The monoisotopic (exact) mass is 193 g/mol. The Labute approximate surface area is 85.5 Å². The molecule has 1 aliphatic carbocycles. The van der Waals surface area contributed by atoms with Crippen molar-refractivity contribution in [1.82, 2.24) is 9.78 Å². The van der Waals surface area contributed by atoms with Gasteiger partial charge in [-0.05, 0) is 25.2 Å². The van der Waals surface area contributed by atoms with E-state index in [1.54, 1.807) is 0 Å². The maximum atomic E-state index is 4.25. The highest BCUT2D eigenvalue weighted by Crippen LogP contribution is 2.41. The molecule has 0 bridgehead atoms. The molecule has 1 aromatic heterocycles. The molecule has 1 unspecified atom stereocenters. The van der Waals surface area contributed by atoms with Crippen LogP contribution in [0.2, 0.25) is 0 Å². The molecule has 1 atom stereocenters. The highest BCUT2D eigenvalue weighted by molar-refractivity contribution is 5.36. The van der Waals surface area contributed by atoms with E-state index in [2.05, 4.69) is 37.3 Å². The van der Waals surface area contributed by atoms with Gasteiger partial charge < -0.3 is 5.32 Å². The van der Waals surface area contributed by atoms with Crippen LogP contribution >= 0.6 is 0 Å². The summed E-state index contributed by atoms with van der Waals surface area (Å²) in [7, 11) is 0. The Balaban J connectivity index is 2.04. The van der Waals surface area contributed by atoms with Crippen LogP contribution < -0.4 is 5.32 Å². The molecular formula is C11H19N3. The van der Waals surface area contributed by atoms with Crippen LogP contribution in [0.25, 0.3) is 0 Å². The quantitative estimate of drug-likeness (QED) is 0.799. The van der Waals surface area contributed by atoms with Gasteiger partial charge in [-0.1, -0.05) is 13.8 Å². The van der Waals surface area contributed by atoms with E-state index in [1.165, 1.54) is 12.8 Å². The van der Waals surface area contributed by atoms with E-state index in [9.17, 15) is 0 Å². The van der Waals surface area contributed by atoms with E-state index in [1.807, 2.05) is 10.9 Å². The summed E-state index contributed by atoms with van der Waals surface area (Å²) >= 11 is 0. The Morgan fingerprint density at radius 3 is 2.93 bits per heavy atom. The largest absolute Gasteiger partial charge is 0.367 e. The van der Waals surface area contributed by atoms with Crippen molar-refractivity contribution in [3.8, 4) is 0 Å². The lowest BCUT2D eigenvalue weighted by Gasteiger charge is -2.45. The maximum Gasteiger partial charge on any atom is 0.124 e. The molecule has 3 nitrogen and oxygen atoms in total. The van der Waals surface area contributed by atoms with Gasteiger partial charge in [-0.2, -0.15) is 5.10 Å². The van der Waals surface area contributed by atoms with Crippen molar-refractivity contribution >= 4 is 5.82 Å². The molecule has 0 aliphatic heterocycles. The molecule has 3 heteroatoms. The predicted octanol–water partition coefficient (Wildman–Crippen LogP) is 2.50. The first kappa shape index (κ1) is 9.56. The molecule has 0 spiro atoms. The Kier molecular flexibility index (Phi) is 2.25. The molecule has 1 N–H and O–H groups in total. The van der Waals surface area contributed by atoms with Crippen LogP contribution in [0.15, 0.2) is 12.3 Å². The molecule has 1 saturated carbocycles. The number of nitrogens with one attached hydrogen (secondary N) is 1. The van der Waals surface area contributed by atoms with Crippen LogP contribution in [0.1, 0.15) is 33.6 Å². The van der Waals surface area contributed by atoms with Gasteiger partial charge in [0.1, 0.15) is 5.82 Å². The summed E-state index contributed by atoms with van der Waals surface area (Å²) in [6.45, 7) is 7.69. The Morgan fingerprint density at radius 2 is 2.43 bits per heavy atom. The van der Waals surface area contributed by atoms with Gasteiger partial charge in [-0.3, -0.25) is 4.68 Å². The second kappa shape index (κ2) is 3.30. The van der Waals surface area contributed by atoms with Crippen molar-refractivity contribution < 1.29 is 0 Å². The third-order valence-electron chi connectivity index (χ3n) is 3.36. The molecule has 1 fully saturated rings. The lowest BCUT2D eigenvalue weighted by Crippen LogP contribution is -2.45. The third kappa shape index (κ3) is 1.51. The molecule has 0 saturated heterocycles. The molecule has 1 aromatic rings. The average molecular weight is 193 g/mol. The summed E-state index contributed by atoms with van der Waals surface area (Å²) in [5.74, 6) is 1.16. The first-order valence-electron chi connectivity index (χ1n) is 5.42. The number of anilines is 1. The summed E-state index contributed by atoms with van der Waals surface area (Å²) in [5.41, 5.74) is 0.447. The molecule has 0 radical (unpaired) electrons. The molecule has 2 rings (SSSR count). The number of nitrogens with zero attached hydrogens (tertiary/aromatic N) is 2. The van der Waals surface area contributed by atoms with Crippen LogP contribution in [0, 0.1) is 5.41 Å². The minimum absolute atomic E-state index is 0.447. The van der Waals surface area contributed by atoms with Gasteiger partial charge >= 0.3 is 0 Å². The van der Waals surface area contributed by atoms with E-state index < -0.39 is 0 Å². The predicted molar refractivity (Wildman–Crippen MR) is 58.3 cm³/mol. The molecule has 78 valence electrons. The first-order chi connectivity index (χ1) is 6.63. The number of aryl methyl sites for hydroxylation is 1. The summed E-state index contributed by atoms with van der Waals surface area (Å²) in [6.07, 6.45) is 4.46. The molecule has 1 heterocycles. The highest BCUT2D eigenvalue weighted by atomic mass is 15.3. The molecule has 14 heavy (non-hydrogen) atoms. The summed E-state index contributed by atoms with van der Waals surface area (Å²) in [6, 6.07) is 2.67. The highest BCUT2D eigenvalue weighted by Gasteiger charge is 2.38. The fraction of sp³-hybridized carbons (Fsp3) is 0.727. The molecule has 0 aromatic carbocycles. The van der Waals surface area contributed by atoms with Gasteiger partial charge in [0.25, 0.3) is 0 Å². The van der Waals surface area contributed by atoms with E-state index in [0.717, 1.165) is 12.4 Å². The van der Waals surface area contributed by atoms with Crippen molar-refractivity contribution in [2.45, 2.75) is 46.2 Å². The summed E-state index contributed by atoms with van der Waals surface area (Å²) < 4.78 is 2.01. The zero-order valence-electron chi connectivity index (χ0n) is 9.25. The lowest BCUT2D eigenvalue weighted by molar-refractivity contribution is 0.159. The smallest absolute Gasteiger partial charge is 0.124 e. The van der Waals surface area contributed by atoms with Gasteiger partial charge in [0, 0.05) is 18.7 Å². The fourth-order valence-electron chi connectivity index (χ4n) is 2.02. The molecule has 1 aliphatic rings. The van der Waals surface area contributed by atoms with Crippen molar-refractivity contribution in [3.63, 3.8) is 0 Å². The van der Waals surface area contributed by atoms with E-state index in [0.29, 0.717) is 11.5 Å². The van der Waals surface area contributed by atoms with Crippen molar-refractivity contribution in [2.24, 2.45) is 5.41 Å². The Bertz CT molecular complexity index is 314. The minimum atomic E-state index is 0.447. The molecular weight excluding hydrogens is 174 g/mol. The van der Waals surface area contributed by atoms with Gasteiger partial charge in [-0.15, -0.1) is 0 Å². The van der Waals surface area contributed by atoms with Crippen LogP contribution in [0.3, 0.4) is 0 Å². The second-order valence-electron chi connectivity index (χ2n) is 4.76. The number of hydrogen-bond donors (Lipinski definition) is 1. The minimum Gasteiger partial charge on any atom is -0.367 e.